The Labute approximate surface area is 280 Å². The SMILES string of the molecule is CCOC(=O)c1c(NC(=O)CSc2cccc(NC(=O)/C(=C\c3ccccc3Cl)NC(=O)c3ccccc3)c2)sc2c1CCCC2. The maximum atomic E-state index is 13.4. The first-order valence-electron chi connectivity index (χ1n) is 14.8. The van der Waals surface area contributed by atoms with E-state index in [1.54, 1.807) is 79.7 Å². The van der Waals surface area contributed by atoms with Gasteiger partial charge < -0.3 is 20.7 Å². The quantitative estimate of drug-likeness (QED) is 0.0859. The lowest BCUT2D eigenvalue weighted by molar-refractivity contribution is -0.114. The third kappa shape index (κ3) is 8.45. The van der Waals surface area contributed by atoms with E-state index in [0.717, 1.165) is 41.0 Å². The van der Waals surface area contributed by atoms with Crippen LogP contribution in [0.3, 0.4) is 0 Å². The van der Waals surface area contributed by atoms with Crippen molar-refractivity contribution < 1.29 is 23.9 Å². The summed E-state index contributed by atoms with van der Waals surface area (Å²) < 4.78 is 5.29. The van der Waals surface area contributed by atoms with Crippen LogP contribution in [0.25, 0.3) is 6.08 Å². The van der Waals surface area contributed by atoms with Crippen molar-refractivity contribution in [1.29, 1.82) is 0 Å². The average molecular weight is 674 g/mol. The second-order valence-corrected chi connectivity index (χ2v) is 12.9. The van der Waals surface area contributed by atoms with Crippen molar-refractivity contribution in [2.75, 3.05) is 23.0 Å². The number of carbonyl (C=O) groups is 4. The summed E-state index contributed by atoms with van der Waals surface area (Å²) in [6.45, 7) is 2.02. The number of thioether (sulfide) groups is 1. The molecule has 0 atom stereocenters. The van der Waals surface area contributed by atoms with Crippen LogP contribution in [-0.4, -0.2) is 36.1 Å². The van der Waals surface area contributed by atoms with Gasteiger partial charge in [0.15, 0.2) is 0 Å². The number of aryl methyl sites for hydroxylation is 1. The van der Waals surface area contributed by atoms with E-state index in [1.807, 2.05) is 6.07 Å². The number of ether oxygens (including phenoxy) is 1. The van der Waals surface area contributed by atoms with Crippen LogP contribution in [0.2, 0.25) is 5.02 Å². The summed E-state index contributed by atoms with van der Waals surface area (Å²) in [5.41, 5.74) is 2.92. The molecule has 3 N–H and O–H groups in total. The van der Waals surface area contributed by atoms with Crippen LogP contribution in [0.4, 0.5) is 10.7 Å². The van der Waals surface area contributed by atoms with E-state index in [1.165, 1.54) is 29.2 Å². The highest BCUT2D eigenvalue weighted by molar-refractivity contribution is 8.00. The number of fused-ring (bicyclic) bond motifs is 1. The zero-order chi connectivity index (χ0) is 32.5. The predicted molar refractivity (Wildman–Crippen MR) is 185 cm³/mol. The maximum absolute atomic E-state index is 13.4. The summed E-state index contributed by atoms with van der Waals surface area (Å²) in [6, 6.07) is 22.7. The number of carbonyl (C=O) groups excluding carboxylic acids is 4. The van der Waals surface area contributed by atoms with Gasteiger partial charge in [-0.15, -0.1) is 23.1 Å². The number of thiophene rings is 1. The van der Waals surface area contributed by atoms with Gasteiger partial charge in [0.25, 0.3) is 11.8 Å². The molecule has 0 radical (unpaired) electrons. The van der Waals surface area contributed by atoms with E-state index in [0.29, 0.717) is 32.4 Å². The molecule has 4 aromatic rings. The average Bonchev–Trinajstić information content (AvgIpc) is 3.43. The standard InChI is InChI=1S/C35H32ClN3O5S2/c1-2-44-35(43)31-26-16-7-9-18-29(26)46-34(31)39-30(40)21-45-25-15-10-14-24(20-25)37-33(42)28(19-23-13-6-8-17-27(23)36)38-32(41)22-11-4-3-5-12-22/h3-6,8,10-15,17,19-20H,2,7,9,16,18,21H2,1H3,(H,37,42)(H,38,41)(H,39,40)/b28-19+. The Morgan fingerprint density at radius 1 is 0.935 bits per heavy atom. The van der Waals surface area contributed by atoms with Gasteiger partial charge in [0.1, 0.15) is 10.7 Å². The highest BCUT2D eigenvalue weighted by Crippen LogP contribution is 2.39. The molecule has 1 heterocycles. The number of esters is 1. The predicted octanol–water partition coefficient (Wildman–Crippen LogP) is 7.60. The molecule has 5 rings (SSSR count). The van der Waals surface area contributed by atoms with Crippen LogP contribution in [-0.2, 0) is 27.2 Å². The van der Waals surface area contributed by atoms with E-state index in [-0.39, 0.29) is 24.0 Å². The maximum Gasteiger partial charge on any atom is 0.341 e. The molecular weight excluding hydrogens is 642 g/mol. The summed E-state index contributed by atoms with van der Waals surface area (Å²) in [6.07, 6.45) is 5.27. The fraction of sp³-hybridized carbons (Fsp3) is 0.200. The monoisotopic (exact) mass is 673 g/mol. The van der Waals surface area contributed by atoms with Gasteiger partial charge in [-0.2, -0.15) is 0 Å². The van der Waals surface area contributed by atoms with Crippen molar-refractivity contribution in [2.24, 2.45) is 0 Å². The molecule has 236 valence electrons. The van der Waals surface area contributed by atoms with Gasteiger partial charge in [-0.05, 0) is 86.2 Å². The van der Waals surface area contributed by atoms with Crippen molar-refractivity contribution in [3.8, 4) is 0 Å². The first-order valence-corrected chi connectivity index (χ1v) is 17.0. The van der Waals surface area contributed by atoms with E-state index >= 15 is 0 Å². The summed E-state index contributed by atoms with van der Waals surface area (Å²) in [5, 5.41) is 9.43. The van der Waals surface area contributed by atoms with Crippen LogP contribution in [0.15, 0.2) is 89.5 Å². The van der Waals surface area contributed by atoms with Crippen molar-refractivity contribution >= 4 is 75.2 Å². The first-order chi connectivity index (χ1) is 22.3. The van der Waals surface area contributed by atoms with Crippen molar-refractivity contribution in [2.45, 2.75) is 37.5 Å². The third-order valence-electron chi connectivity index (χ3n) is 7.10. The second kappa shape index (κ2) is 15.8. The summed E-state index contributed by atoms with van der Waals surface area (Å²) in [7, 11) is 0. The fourth-order valence-electron chi connectivity index (χ4n) is 4.94. The molecule has 0 saturated heterocycles. The summed E-state index contributed by atoms with van der Waals surface area (Å²) in [5.74, 6) is -1.56. The highest BCUT2D eigenvalue weighted by Gasteiger charge is 2.27. The number of nitrogens with one attached hydrogen (secondary N) is 3. The minimum atomic E-state index is -0.544. The van der Waals surface area contributed by atoms with E-state index in [2.05, 4.69) is 16.0 Å². The van der Waals surface area contributed by atoms with Crippen LogP contribution in [0.1, 0.15) is 56.5 Å². The Hall–Kier alpha value is -4.38. The molecule has 0 unspecified atom stereocenters. The Morgan fingerprint density at radius 3 is 2.48 bits per heavy atom. The first kappa shape index (κ1) is 33.0. The number of hydrogen-bond donors (Lipinski definition) is 3. The van der Waals surface area contributed by atoms with E-state index in [9.17, 15) is 19.2 Å². The molecule has 0 aliphatic heterocycles. The summed E-state index contributed by atoms with van der Waals surface area (Å²) in [4.78, 5) is 54.0. The molecule has 8 nitrogen and oxygen atoms in total. The lowest BCUT2D eigenvalue weighted by Crippen LogP contribution is -2.30. The molecule has 1 aromatic heterocycles. The molecule has 0 saturated carbocycles. The smallest absolute Gasteiger partial charge is 0.341 e. The lowest BCUT2D eigenvalue weighted by Gasteiger charge is -2.13. The van der Waals surface area contributed by atoms with Crippen LogP contribution >= 0.6 is 34.7 Å². The normalized spacial score (nSPS) is 12.5. The number of benzene rings is 3. The highest BCUT2D eigenvalue weighted by atomic mass is 35.5. The second-order valence-electron chi connectivity index (χ2n) is 10.4. The number of hydrogen-bond acceptors (Lipinski definition) is 7. The molecular formula is C35H32ClN3O5S2. The molecule has 3 aromatic carbocycles. The van der Waals surface area contributed by atoms with E-state index in [4.69, 9.17) is 16.3 Å². The molecule has 0 spiro atoms. The number of rotatable bonds is 11. The van der Waals surface area contributed by atoms with Gasteiger partial charge in [0.2, 0.25) is 5.91 Å². The van der Waals surface area contributed by atoms with Gasteiger partial charge in [-0.3, -0.25) is 14.4 Å². The van der Waals surface area contributed by atoms with Gasteiger partial charge in [-0.1, -0.05) is 54.1 Å². The van der Waals surface area contributed by atoms with Gasteiger partial charge >= 0.3 is 5.97 Å². The van der Waals surface area contributed by atoms with Gasteiger partial charge in [-0.25, -0.2) is 4.79 Å². The van der Waals surface area contributed by atoms with Gasteiger partial charge in [0, 0.05) is 26.0 Å². The Balaban J connectivity index is 1.27. The molecule has 0 fully saturated rings. The zero-order valence-corrected chi connectivity index (χ0v) is 27.5. The zero-order valence-electron chi connectivity index (χ0n) is 25.1. The van der Waals surface area contributed by atoms with Crippen LogP contribution < -0.4 is 16.0 Å². The van der Waals surface area contributed by atoms with Crippen molar-refractivity contribution in [1.82, 2.24) is 5.32 Å². The Bertz CT molecular complexity index is 1790. The van der Waals surface area contributed by atoms with Gasteiger partial charge in [0.05, 0.1) is 17.9 Å². The third-order valence-corrected chi connectivity index (χ3v) is 9.64. The molecule has 3 amide bonds. The molecule has 0 bridgehead atoms. The van der Waals surface area contributed by atoms with Crippen molar-refractivity contribution in [3.63, 3.8) is 0 Å². The minimum Gasteiger partial charge on any atom is -0.462 e. The summed E-state index contributed by atoms with van der Waals surface area (Å²) >= 11 is 9.08. The lowest BCUT2D eigenvalue weighted by atomic mass is 9.95. The number of halogens is 1. The number of amides is 3. The Morgan fingerprint density at radius 2 is 1.70 bits per heavy atom. The molecule has 11 heteroatoms. The molecule has 1 aliphatic carbocycles. The van der Waals surface area contributed by atoms with Crippen LogP contribution in [0.5, 0.6) is 0 Å². The van der Waals surface area contributed by atoms with Crippen molar-refractivity contribution in [3.05, 3.63) is 117 Å². The number of anilines is 2. The topological polar surface area (TPSA) is 114 Å². The molecule has 1 aliphatic rings. The Kier molecular flexibility index (Phi) is 11.3. The fourth-order valence-corrected chi connectivity index (χ4v) is 7.18. The van der Waals surface area contributed by atoms with Crippen LogP contribution in [0, 0.1) is 0 Å². The molecule has 46 heavy (non-hydrogen) atoms. The van der Waals surface area contributed by atoms with E-state index < -0.39 is 17.8 Å². The minimum absolute atomic E-state index is 0.00966. The largest absolute Gasteiger partial charge is 0.462 e.